The van der Waals surface area contributed by atoms with Gasteiger partial charge in [0.1, 0.15) is 18.5 Å². The van der Waals surface area contributed by atoms with Crippen LogP contribution in [-0.2, 0) is 17.8 Å². The van der Waals surface area contributed by atoms with E-state index in [1.165, 1.54) is 4.88 Å². The molecule has 0 saturated carbocycles. The zero-order valence-corrected chi connectivity index (χ0v) is 12.7. The van der Waals surface area contributed by atoms with Crippen molar-refractivity contribution in [2.45, 2.75) is 26.1 Å². The van der Waals surface area contributed by atoms with Crippen LogP contribution in [0.2, 0.25) is 0 Å². The summed E-state index contributed by atoms with van der Waals surface area (Å²) in [7, 11) is 0. The minimum atomic E-state index is -0.0309. The molecule has 1 aliphatic rings. The SMILES string of the molecule is CCn1cnnc1[C@H]1CN(Cc2cc(C#N)cs2)CCO1. The number of ether oxygens (including phenoxy) is 1. The lowest BCUT2D eigenvalue weighted by molar-refractivity contribution is -0.0385. The number of morpholine rings is 1. The zero-order valence-electron chi connectivity index (χ0n) is 11.9. The molecule has 2 aromatic rings. The maximum atomic E-state index is 8.89. The van der Waals surface area contributed by atoms with Gasteiger partial charge in [0.25, 0.3) is 0 Å². The third-order valence-electron chi connectivity index (χ3n) is 3.59. The number of aryl methyl sites for hydroxylation is 1. The van der Waals surface area contributed by atoms with E-state index in [1.54, 1.807) is 17.7 Å². The third-order valence-corrected chi connectivity index (χ3v) is 4.51. The summed E-state index contributed by atoms with van der Waals surface area (Å²) in [6, 6.07) is 4.14. The Morgan fingerprint density at radius 3 is 3.24 bits per heavy atom. The Morgan fingerprint density at radius 1 is 1.57 bits per heavy atom. The number of nitrogens with zero attached hydrogens (tertiary/aromatic N) is 5. The van der Waals surface area contributed by atoms with Crippen molar-refractivity contribution in [3.8, 4) is 6.07 Å². The van der Waals surface area contributed by atoms with Gasteiger partial charge in [-0.15, -0.1) is 21.5 Å². The molecule has 3 rings (SSSR count). The highest BCUT2D eigenvalue weighted by atomic mass is 32.1. The van der Waals surface area contributed by atoms with Crippen LogP contribution in [0.5, 0.6) is 0 Å². The number of hydrogen-bond donors (Lipinski definition) is 0. The summed E-state index contributed by atoms with van der Waals surface area (Å²) in [5, 5.41) is 19.0. The number of rotatable bonds is 4. The molecular formula is C14H17N5OS. The smallest absolute Gasteiger partial charge is 0.163 e. The summed E-state index contributed by atoms with van der Waals surface area (Å²) in [6.07, 6.45) is 1.72. The molecule has 6 nitrogen and oxygen atoms in total. The van der Waals surface area contributed by atoms with Crippen molar-refractivity contribution >= 4 is 11.3 Å². The van der Waals surface area contributed by atoms with Gasteiger partial charge in [-0.3, -0.25) is 4.90 Å². The molecule has 0 unspecified atom stereocenters. The van der Waals surface area contributed by atoms with E-state index in [9.17, 15) is 0 Å². The average molecular weight is 303 g/mol. The predicted molar refractivity (Wildman–Crippen MR) is 78.7 cm³/mol. The molecule has 1 saturated heterocycles. The third kappa shape index (κ3) is 3.13. The zero-order chi connectivity index (χ0) is 14.7. The van der Waals surface area contributed by atoms with Gasteiger partial charge in [0.2, 0.25) is 0 Å². The first-order chi connectivity index (χ1) is 10.3. The van der Waals surface area contributed by atoms with Crippen molar-refractivity contribution < 1.29 is 4.74 Å². The van der Waals surface area contributed by atoms with Gasteiger partial charge in [0.05, 0.1) is 12.2 Å². The monoisotopic (exact) mass is 303 g/mol. The van der Waals surface area contributed by atoms with E-state index in [-0.39, 0.29) is 6.10 Å². The van der Waals surface area contributed by atoms with Crippen LogP contribution in [0.1, 0.15) is 29.3 Å². The Kier molecular flexibility index (Phi) is 4.29. The molecule has 0 amide bonds. The Labute approximate surface area is 127 Å². The largest absolute Gasteiger partial charge is 0.368 e. The second-order valence-corrected chi connectivity index (χ2v) is 5.98. The Balaban J connectivity index is 1.67. The topological polar surface area (TPSA) is 67.0 Å². The van der Waals surface area contributed by atoms with E-state index < -0.39 is 0 Å². The van der Waals surface area contributed by atoms with Gasteiger partial charge in [-0.1, -0.05) is 0 Å². The molecule has 0 N–H and O–H groups in total. The standard InChI is InChI=1S/C14H17N5OS/c1-2-19-10-16-17-14(19)13-8-18(3-4-20-13)7-12-5-11(6-15)9-21-12/h5,9-10,13H,2-4,7-8H2,1H3/t13-/m1/s1. The van der Waals surface area contributed by atoms with Crippen molar-refractivity contribution in [1.29, 1.82) is 5.26 Å². The molecule has 7 heteroatoms. The van der Waals surface area contributed by atoms with Crippen LogP contribution < -0.4 is 0 Å². The van der Waals surface area contributed by atoms with Crippen LogP contribution >= 0.6 is 11.3 Å². The first-order valence-electron chi connectivity index (χ1n) is 6.99. The van der Waals surface area contributed by atoms with Crippen LogP contribution in [0.3, 0.4) is 0 Å². The normalized spacial score (nSPS) is 19.5. The van der Waals surface area contributed by atoms with Gasteiger partial charge >= 0.3 is 0 Å². The van der Waals surface area contributed by atoms with E-state index >= 15 is 0 Å². The van der Waals surface area contributed by atoms with Crippen molar-refractivity contribution in [1.82, 2.24) is 19.7 Å². The van der Waals surface area contributed by atoms with E-state index in [0.717, 1.165) is 37.6 Å². The minimum absolute atomic E-state index is 0.0309. The van der Waals surface area contributed by atoms with Gasteiger partial charge in [0.15, 0.2) is 5.82 Å². The molecule has 1 fully saturated rings. The summed E-state index contributed by atoms with van der Waals surface area (Å²) < 4.78 is 7.87. The van der Waals surface area contributed by atoms with Gasteiger partial charge < -0.3 is 9.30 Å². The lowest BCUT2D eigenvalue weighted by Gasteiger charge is -2.32. The Hall–Kier alpha value is -1.75. The second-order valence-electron chi connectivity index (χ2n) is 4.98. The first kappa shape index (κ1) is 14.2. The molecule has 1 aliphatic heterocycles. The molecule has 0 spiro atoms. The lowest BCUT2D eigenvalue weighted by Crippen LogP contribution is -2.38. The number of hydrogen-bond acceptors (Lipinski definition) is 6. The number of thiophene rings is 1. The summed E-state index contributed by atoms with van der Waals surface area (Å²) in [5.74, 6) is 0.895. The molecule has 0 bridgehead atoms. The fraction of sp³-hybridized carbons (Fsp3) is 0.500. The minimum Gasteiger partial charge on any atom is -0.368 e. The highest BCUT2D eigenvalue weighted by molar-refractivity contribution is 7.10. The average Bonchev–Trinajstić information content (AvgIpc) is 3.15. The van der Waals surface area contributed by atoms with Gasteiger partial charge in [0, 0.05) is 36.4 Å². The first-order valence-corrected chi connectivity index (χ1v) is 7.87. The summed E-state index contributed by atoms with van der Waals surface area (Å²) in [4.78, 5) is 3.56. The molecule has 0 aromatic carbocycles. The van der Waals surface area contributed by atoms with Crippen molar-refractivity contribution in [3.63, 3.8) is 0 Å². The van der Waals surface area contributed by atoms with E-state index in [2.05, 4.69) is 28.1 Å². The van der Waals surface area contributed by atoms with Gasteiger partial charge in [-0.2, -0.15) is 5.26 Å². The summed E-state index contributed by atoms with van der Waals surface area (Å²) >= 11 is 1.64. The fourth-order valence-electron chi connectivity index (χ4n) is 2.50. The molecule has 110 valence electrons. The van der Waals surface area contributed by atoms with E-state index in [0.29, 0.717) is 6.61 Å². The molecule has 1 atom stereocenters. The van der Waals surface area contributed by atoms with Crippen molar-refractivity contribution in [2.24, 2.45) is 0 Å². The van der Waals surface area contributed by atoms with Gasteiger partial charge in [-0.05, 0) is 13.0 Å². The maximum Gasteiger partial charge on any atom is 0.163 e. The van der Waals surface area contributed by atoms with Crippen LogP contribution in [0, 0.1) is 11.3 Å². The quantitative estimate of drug-likeness (QED) is 0.861. The lowest BCUT2D eigenvalue weighted by atomic mass is 10.2. The Bertz CT molecular complexity index is 644. The number of aromatic nitrogens is 3. The van der Waals surface area contributed by atoms with Gasteiger partial charge in [-0.25, -0.2) is 0 Å². The van der Waals surface area contributed by atoms with Crippen LogP contribution in [0.15, 0.2) is 17.8 Å². The van der Waals surface area contributed by atoms with Crippen molar-refractivity contribution in [2.75, 3.05) is 19.7 Å². The maximum absolute atomic E-state index is 8.89. The molecule has 0 aliphatic carbocycles. The molecule has 0 radical (unpaired) electrons. The molecule has 21 heavy (non-hydrogen) atoms. The number of nitriles is 1. The van der Waals surface area contributed by atoms with E-state index in [4.69, 9.17) is 10.00 Å². The van der Waals surface area contributed by atoms with Crippen LogP contribution in [-0.4, -0.2) is 39.4 Å². The Morgan fingerprint density at radius 2 is 2.48 bits per heavy atom. The molecular weight excluding hydrogens is 286 g/mol. The van der Waals surface area contributed by atoms with Crippen LogP contribution in [0.4, 0.5) is 0 Å². The highest BCUT2D eigenvalue weighted by Gasteiger charge is 2.26. The second kappa shape index (κ2) is 6.35. The predicted octanol–water partition coefficient (Wildman–Crippen LogP) is 1.80. The highest BCUT2D eigenvalue weighted by Crippen LogP contribution is 2.23. The molecule has 3 heterocycles. The summed E-state index contributed by atoms with van der Waals surface area (Å²) in [6.45, 7) is 6.17. The van der Waals surface area contributed by atoms with Crippen molar-refractivity contribution in [3.05, 3.63) is 34.0 Å². The van der Waals surface area contributed by atoms with Crippen LogP contribution in [0.25, 0.3) is 0 Å². The van der Waals surface area contributed by atoms with E-state index in [1.807, 2.05) is 16.0 Å². The fourth-order valence-corrected chi connectivity index (χ4v) is 3.35. The summed E-state index contributed by atoms with van der Waals surface area (Å²) in [5.41, 5.74) is 0.741. The molecule has 2 aromatic heterocycles.